The van der Waals surface area contributed by atoms with E-state index in [9.17, 15) is 0 Å². The van der Waals surface area contributed by atoms with Gasteiger partial charge < -0.3 is 9.32 Å². The topological polar surface area (TPSA) is 16.4 Å². The molecule has 0 spiro atoms. The molecule has 0 unspecified atom stereocenters. The monoisotopic (exact) mass is 577 g/mol. The number of benzene rings is 7. The van der Waals surface area contributed by atoms with E-state index >= 15 is 0 Å². The molecule has 2 heteroatoms. The summed E-state index contributed by atoms with van der Waals surface area (Å²) in [7, 11) is 0. The lowest BCUT2D eigenvalue weighted by Crippen LogP contribution is -2.16. The van der Waals surface area contributed by atoms with E-state index in [1.165, 1.54) is 44.2 Å². The van der Waals surface area contributed by atoms with Crippen LogP contribution >= 0.6 is 0 Å². The molecule has 0 bridgehead atoms. The van der Waals surface area contributed by atoms with Gasteiger partial charge in [-0.15, -0.1) is 0 Å². The highest BCUT2D eigenvalue weighted by molar-refractivity contribution is 6.21. The molecule has 0 N–H and O–H groups in total. The number of rotatable bonds is 4. The first kappa shape index (κ1) is 25.9. The van der Waals surface area contributed by atoms with Crippen molar-refractivity contribution in [3.05, 3.63) is 163 Å². The number of nitrogens with zero attached hydrogens (tertiary/aromatic N) is 1. The maximum Gasteiger partial charge on any atom is 0.159 e. The average molecular weight is 578 g/mol. The van der Waals surface area contributed by atoms with Gasteiger partial charge in [-0.3, -0.25) is 0 Å². The van der Waals surface area contributed by atoms with Crippen LogP contribution in [0.5, 0.6) is 0 Å². The molecule has 214 valence electrons. The minimum Gasteiger partial charge on any atom is -0.454 e. The summed E-state index contributed by atoms with van der Waals surface area (Å²) >= 11 is 0. The van der Waals surface area contributed by atoms with Crippen LogP contribution in [0.2, 0.25) is 0 Å². The molecule has 0 amide bonds. The van der Waals surface area contributed by atoms with Crippen LogP contribution in [0.3, 0.4) is 0 Å². The highest BCUT2D eigenvalue weighted by Crippen LogP contribution is 2.55. The van der Waals surface area contributed by atoms with E-state index < -0.39 is 0 Å². The Labute approximate surface area is 262 Å². The molecular weight excluding hydrogens is 546 g/mol. The zero-order valence-electron chi connectivity index (χ0n) is 25.3. The molecule has 0 radical (unpaired) electrons. The van der Waals surface area contributed by atoms with Gasteiger partial charge in [0.2, 0.25) is 0 Å². The summed E-state index contributed by atoms with van der Waals surface area (Å²) in [6.07, 6.45) is 0. The molecule has 0 saturated carbocycles. The van der Waals surface area contributed by atoms with Crippen molar-refractivity contribution in [2.24, 2.45) is 0 Å². The van der Waals surface area contributed by atoms with E-state index in [0.29, 0.717) is 0 Å². The zero-order valence-corrected chi connectivity index (χ0v) is 25.3. The highest BCUT2D eigenvalue weighted by Gasteiger charge is 2.38. The Balaban J connectivity index is 1.34. The molecule has 2 nitrogen and oxygen atoms in total. The van der Waals surface area contributed by atoms with Crippen LogP contribution in [0, 0.1) is 0 Å². The van der Waals surface area contributed by atoms with Gasteiger partial charge >= 0.3 is 0 Å². The summed E-state index contributed by atoms with van der Waals surface area (Å²) in [6.45, 7) is 4.68. The van der Waals surface area contributed by atoms with Gasteiger partial charge in [-0.1, -0.05) is 135 Å². The molecule has 0 atom stereocenters. The Morgan fingerprint density at radius 2 is 1.18 bits per heavy atom. The molecule has 9 rings (SSSR count). The first-order valence-corrected chi connectivity index (χ1v) is 15.6. The third kappa shape index (κ3) is 3.82. The summed E-state index contributed by atoms with van der Waals surface area (Å²) < 4.78 is 6.80. The molecular formula is C43H31NO. The number of hydrogen-bond donors (Lipinski definition) is 0. The second-order valence-electron chi connectivity index (χ2n) is 12.5. The molecule has 0 saturated heterocycles. The van der Waals surface area contributed by atoms with Gasteiger partial charge in [0.1, 0.15) is 5.58 Å². The van der Waals surface area contributed by atoms with Gasteiger partial charge in [-0.25, -0.2) is 0 Å². The molecule has 1 heterocycles. The SMILES string of the molecule is CC1(C)c2ccccc2-c2c(N(c3ccc(-c4ccccc4)cc3)c3cccc4c3oc3ccc5ccccc5c34)cccc21. The predicted octanol–water partition coefficient (Wildman–Crippen LogP) is 12.2. The van der Waals surface area contributed by atoms with Gasteiger partial charge in [0.25, 0.3) is 0 Å². The van der Waals surface area contributed by atoms with E-state index in [1.807, 2.05) is 0 Å². The fourth-order valence-corrected chi connectivity index (χ4v) is 7.49. The summed E-state index contributed by atoms with van der Waals surface area (Å²) in [6, 6.07) is 54.5. The van der Waals surface area contributed by atoms with Crippen LogP contribution in [0.15, 0.2) is 156 Å². The van der Waals surface area contributed by atoms with Crippen molar-refractivity contribution in [2.75, 3.05) is 4.90 Å². The second kappa shape index (κ2) is 9.70. The van der Waals surface area contributed by atoms with Crippen LogP contribution in [-0.2, 0) is 5.41 Å². The number of fused-ring (bicyclic) bond motifs is 8. The molecule has 45 heavy (non-hydrogen) atoms. The molecule has 7 aromatic carbocycles. The third-order valence-electron chi connectivity index (χ3n) is 9.67. The number of para-hydroxylation sites is 1. The maximum atomic E-state index is 6.80. The number of hydrogen-bond acceptors (Lipinski definition) is 2. The molecule has 8 aromatic rings. The molecule has 1 aromatic heterocycles. The van der Waals surface area contributed by atoms with Crippen molar-refractivity contribution in [1.29, 1.82) is 0 Å². The van der Waals surface area contributed by atoms with Crippen LogP contribution in [0.25, 0.3) is 55.0 Å². The smallest absolute Gasteiger partial charge is 0.159 e. The second-order valence-corrected chi connectivity index (χ2v) is 12.5. The standard InChI is InChI=1S/C43H31NO/c1-43(2)35-18-9-8-16-33(35)41-36(43)19-11-20-37(41)44(31-25-22-29(23-26-31)28-12-4-3-5-13-28)38-21-10-17-34-40-32-15-7-6-14-30(32)24-27-39(40)45-42(34)38/h3-27H,1-2H3. The van der Waals surface area contributed by atoms with E-state index in [1.54, 1.807) is 0 Å². The molecule has 1 aliphatic rings. The minimum atomic E-state index is -0.102. The first-order valence-electron chi connectivity index (χ1n) is 15.6. The normalized spacial score (nSPS) is 13.3. The minimum absolute atomic E-state index is 0.102. The number of furan rings is 1. The van der Waals surface area contributed by atoms with Crippen molar-refractivity contribution < 1.29 is 4.42 Å². The Hall–Kier alpha value is -5.60. The molecule has 0 aliphatic heterocycles. The Morgan fingerprint density at radius 3 is 2.04 bits per heavy atom. The predicted molar refractivity (Wildman–Crippen MR) is 189 cm³/mol. The van der Waals surface area contributed by atoms with Crippen molar-refractivity contribution in [3.63, 3.8) is 0 Å². The zero-order chi connectivity index (χ0) is 30.1. The van der Waals surface area contributed by atoms with Gasteiger partial charge in [-0.05, 0) is 68.9 Å². The largest absolute Gasteiger partial charge is 0.454 e. The van der Waals surface area contributed by atoms with Crippen LogP contribution in [0.4, 0.5) is 17.1 Å². The molecule has 0 fully saturated rings. The van der Waals surface area contributed by atoms with Crippen molar-refractivity contribution in [2.45, 2.75) is 19.3 Å². The van der Waals surface area contributed by atoms with Gasteiger partial charge in [-0.2, -0.15) is 0 Å². The van der Waals surface area contributed by atoms with E-state index in [-0.39, 0.29) is 5.41 Å². The summed E-state index contributed by atoms with van der Waals surface area (Å²) in [5, 5.41) is 4.71. The van der Waals surface area contributed by atoms with Crippen molar-refractivity contribution in [3.8, 4) is 22.3 Å². The highest BCUT2D eigenvalue weighted by atomic mass is 16.3. The Bertz CT molecular complexity index is 2400. The summed E-state index contributed by atoms with van der Waals surface area (Å²) in [5.74, 6) is 0. The molecule has 1 aliphatic carbocycles. The first-order chi connectivity index (χ1) is 22.1. The lowest BCUT2D eigenvalue weighted by Gasteiger charge is -2.29. The quantitative estimate of drug-likeness (QED) is 0.207. The third-order valence-corrected chi connectivity index (χ3v) is 9.67. The van der Waals surface area contributed by atoms with E-state index in [4.69, 9.17) is 4.42 Å². The van der Waals surface area contributed by atoms with E-state index in [2.05, 4.69) is 170 Å². The van der Waals surface area contributed by atoms with Crippen LogP contribution < -0.4 is 4.90 Å². The average Bonchev–Trinajstić information content (AvgIpc) is 3.59. The van der Waals surface area contributed by atoms with Gasteiger partial charge in [0.05, 0.1) is 11.4 Å². The maximum absolute atomic E-state index is 6.80. The van der Waals surface area contributed by atoms with Gasteiger partial charge in [0.15, 0.2) is 5.58 Å². The van der Waals surface area contributed by atoms with Crippen LogP contribution in [-0.4, -0.2) is 0 Å². The lowest BCUT2D eigenvalue weighted by atomic mass is 9.82. The lowest BCUT2D eigenvalue weighted by molar-refractivity contribution is 0.660. The fourth-order valence-electron chi connectivity index (χ4n) is 7.49. The van der Waals surface area contributed by atoms with Crippen molar-refractivity contribution in [1.82, 2.24) is 0 Å². The fraction of sp³-hybridized carbons (Fsp3) is 0.0698. The van der Waals surface area contributed by atoms with Gasteiger partial charge in [0, 0.05) is 27.4 Å². The van der Waals surface area contributed by atoms with Crippen LogP contribution in [0.1, 0.15) is 25.0 Å². The summed E-state index contributed by atoms with van der Waals surface area (Å²) in [4.78, 5) is 2.40. The Morgan fingerprint density at radius 1 is 0.511 bits per heavy atom. The van der Waals surface area contributed by atoms with Crippen molar-refractivity contribution >= 4 is 49.8 Å². The summed E-state index contributed by atoms with van der Waals surface area (Å²) in [5.41, 5.74) is 12.6. The number of anilines is 3. The Kier molecular flexibility index (Phi) is 5.58. The van der Waals surface area contributed by atoms with E-state index in [0.717, 1.165) is 39.0 Å².